The molecule has 1 amide bonds. The van der Waals surface area contributed by atoms with Gasteiger partial charge >= 0.3 is 5.97 Å². The fourth-order valence-electron chi connectivity index (χ4n) is 1.24. The summed E-state index contributed by atoms with van der Waals surface area (Å²) in [6.07, 6.45) is 0. The van der Waals surface area contributed by atoms with Crippen LogP contribution in [0.4, 0.5) is 0 Å². The Kier molecular flexibility index (Phi) is 5.80. The van der Waals surface area contributed by atoms with Crippen molar-refractivity contribution >= 4 is 40.1 Å². The van der Waals surface area contributed by atoms with Crippen LogP contribution in [0.25, 0.3) is 0 Å². The predicted octanol–water partition coefficient (Wildman–Crippen LogP) is 1.68. The highest BCUT2D eigenvalue weighted by Crippen LogP contribution is 2.14. The van der Waals surface area contributed by atoms with Gasteiger partial charge in [0.15, 0.2) is 0 Å². The summed E-state index contributed by atoms with van der Waals surface area (Å²) in [6, 6.07) is 8.42. The molecule has 1 rings (SSSR count). The first kappa shape index (κ1) is 14.7. The van der Waals surface area contributed by atoms with Gasteiger partial charge in [0, 0.05) is 12.7 Å². The summed E-state index contributed by atoms with van der Waals surface area (Å²) < 4.78 is 0.618. The van der Waals surface area contributed by atoms with Crippen molar-refractivity contribution in [3.05, 3.63) is 35.9 Å². The van der Waals surface area contributed by atoms with Gasteiger partial charge < -0.3 is 10.4 Å². The van der Waals surface area contributed by atoms with E-state index >= 15 is 0 Å². The zero-order valence-corrected chi connectivity index (χ0v) is 11.4. The summed E-state index contributed by atoms with van der Waals surface area (Å²) in [5.74, 6) is -1.22. The molecule has 0 saturated heterocycles. The molecule has 0 heterocycles. The lowest BCUT2D eigenvalue weighted by atomic mass is 10.2. The van der Waals surface area contributed by atoms with E-state index in [2.05, 4.69) is 5.32 Å². The van der Waals surface area contributed by atoms with Crippen molar-refractivity contribution in [2.75, 3.05) is 5.75 Å². The van der Waals surface area contributed by atoms with Crippen LogP contribution in [0.2, 0.25) is 0 Å². The maximum absolute atomic E-state index is 10.9. The first-order valence-corrected chi connectivity index (χ1v) is 6.62. The van der Waals surface area contributed by atoms with Gasteiger partial charge in [0.1, 0.15) is 6.04 Å². The monoisotopic (exact) mass is 283 g/mol. The molecular weight excluding hydrogens is 270 g/mol. The van der Waals surface area contributed by atoms with Crippen LogP contribution in [-0.4, -0.2) is 33.0 Å². The Morgan fingerprint density at radius 3 is 2.50 bits per heavy atom. The number of nitrogens with one attached hydrogen (secondary N) is 1. The average Bonchev–Trinajstić information content (AvgIpc) is 2.34. The number of carboxylic acids is 1. The number of rotatable bonds is 5. The maximum atomic E-state index is 10.9. The Hall–Kier alpha value is -1.40. The van der Waals surface area contributed by atoms with Crippen molar-refractivity contribution in [3.8, 4) is 0 Å². The summed E-state index contributed by atoms with van der Waals surface area (Å²) >= 11 is 6.44. The Morgan fingerprint density at radius 2 is 2.00 bits per heavy atom. The number of carboxylic acid groups (broad SMARTS) is 1. The van der Waals surface area contributed by atoms with Crippen molar-refractivity contribution in [2.24, 2.45) is 0 Å². The van der Waals surface area contributed by atoms with Crippen molar-refractivity contribution < 1.29 is 14.7 Å². The van der Waals surface area contributed by atoms with Crippen molar-refractivity contribution in [1.82, 2.24) is 5.32 Å². The second kappa shape index (κ2) is 7.13. The molecule has 1 atom stereocenters. The highest BCUT2D eigenvalue weighted by Gasteiger charge is 2.19. The van der Waals surface area contributed by atoms with Gasteiger partial charge in [0.25, 0.3) is 0 Å². The maximum Gasteiger partial charge on any atom is 0.327 e. The number of hydrogen-bond donors (Lipinski definition) is 2. The molecule has 0 fully saturated rings. The molecule has 0 aliphatic heterocycles. The minimum atomic E-state index is -1.06. The summed E-state index contributed by atoms with van der Waals surface area (Å²) in [4.78, 5) is 21.8. The molecule has 0 radical (unpaired) electrons. The topological polar surface area (TPSA) is 66.4 Å². The minimum absolute atomic E-state index is 0.211. The highest BCUT2D eigenvalue weighted by molar-refractivity contribution is 8.23. The smallest absolute Gasteiger partial charge is 0.327 e. The second-order valence-electron chi connectivity index (χ2n) is 3.56. The Morgan fingerprint density at radius 1 is 1.39 bits per heavy atom. The fourth-order valence-corrected chi connectivity index (χ4v) is 2.42. The minimum Gasteiger partial charge on any atom is -0.480 e. The fraction of sp³-hybridized carbons (Fsp3) is 0.250. The molecule has 1 unspecified atom stereocenters. The van der Waals surface area contributed by atoms with Gasteiger partial charge in [-0.1, -0.05) is 42.5 Å². The number of thiocarbonyl (C=S) groups is 1. The summed E-state index contributed by atoms with van der Waals surface area (Å²) in [5, 5.41) is 11.3. The molecule has 0 aromatic heterocycles. The number of amides is 1. The van der Waals surface area contributed by atoms with E-state index in [0.29, 0.717) is 4.20 Å². The molecule has 0 aliphatic rings. The van der Waals surface area contributed by atoms with E-state index in [1.54, 1.807) is 0 Å². The van der Waals surface area contributed by atoms with Crippen LogP contribution in [0.15, 0.2) is 30.3 Å². The lowest BCUT2D eigenvalue weighted by Crippen LogP contribution is -2.41. The van der Waals surface area contributed by atoms with E-state index in [4.69, 9.17) is 17.3 Å². The lowest BCUT2D eigenvalue weighted by Gasteiger charge is -2.12. The quantitative estimate of drug-likeness (QED) is 0.805. The van der Waals surface area contributed by atoms with Gasteiger partial charge in [-0.2, -0.15) is 0 Å². The Bertz CT molecular complexity index is 448. The Balaban J connectivity index is 2.55. The first-order valence-electron chi connectivity index (χ1n) is 5.23. The number of carbonyl (C=O) groups excluding carboxylic acids is 1. The molecule has 2 N–H and O–H groups in total. The lowest BCUT2D eigenvalue weighted by molar-refractivity contribution is -0.140. The third-order valence-corrected chi connectivity index (χ3v) is 3.65. The van der Waals surface area contributed by atoms with Crippen LogP contribution in [0.3, 0.4) is 0 Å². The average molecular weight is 283 g/mol. The van der Waals surface area contributed by atoms with Gasteiger partial charge in [-0.15, -0.1) is 11.8 Å². The molecule has 1 aromatic rings. The van der Waals surface area contributed by atoms with E-state index in [-0.39, 0.29) is 11.7 Å². The zero-order chi connectivity index (χ0) is 13.5. The van der Waals surface area contributed by atoms with E-state index in [9.17, 15) is 9.59 Å². The molecule has 0 saturated carbocycles. The summed E-state index contributed by atoms with van der Waals surface area (Å²) in [5.41, 5.74) is 0.879. The molecule has 0 bridgehead atoms. The number of hydrogen-bond acceptors (Lipinski definition) is 4. The number of thioether (sulfide) groups is 1. The highest BCUT2D eigenvalue weighted by atomic mass is 32.2. The summed E-state index contributed by atoms with van der Waals surface area (Å²) in [6.45, 7) is 1.29. The van der Waals surface area contributed by atoms with E-state index in [1.165, 1.54) is 18.7 Å². The van der Waals surface area contributed by atoms with Crippen LogP contribution < -0.4 is 5.32 Å². The third kappa shape index (κ3) is 4.85. The molecular formula is C12H13NO3S2. The molecule has 6 heteroatoms. The van der Waals surface area contributed by atoms with Crippen LogP contribution >= 0.6 is 24.0 Å². The molecule has 4 nitrogen and oxygen atoms in total. The molecule has 96 valence electrons. The summed E-state index contributed by atoms with van der Waals surface area (Å²) in [7, 11) is 0. The van der Waals surface area contributed by atoms with Gasteiger partial charge in [0.2, 0.25) is 5.91 Å². The van der Waals surface area contributed by atoms with E-state index < -0.39 is 12.0 Å². The standard InChI is InChI=1S/C12H13NO3S2/c1-8(14)13-10(11(15)16)7-18-12(17)9-5-3-2-4-6-9/h2-6,10H,7H2,1H3,(H,13,14)(H,15,16). The third-order valence-electron chi connectivity index (χ3n) is 2.07. The van der Waals surface area contributed by atoms with Crippen LogP contribution in [-0.2, 0) is 9.59 Å². The predicted molar refractivity (Wildman–Crippen MR) is 75.8 cm³/mol. The van der Waals surface area contributed by atoms with Gasteiger partial charge in [-0.05, 0) is 5.56 Å². The number of aliphatic carboxylic acids is 1. The van der Waals surface area contributed by atoms with Gasteiger partial charge in [0.05, 0.1) is 4.20 Å². The van der Waals surface area contributed by atoms with E-state index in [1.807, 2.05) is 30.3 Å². The zero-order valence-electron chi connectivity index (χ0n) is 9.75. The number of benzene rings is 1. The Labute approximate surface area is 115 Å². The van der Waals surface area contributed by atoms with Crippen LogP contribution in [0.1, 0.15) is 12.5 Å². The van der Waals surface area contributed by atoms with Crippen molar-refractivity contribution in [1.29, 1.82) is 0 Å². The second-order valence-corrected chi connectivity index (χ2v) is 5.25. The van der Waals surface area contributed by atoms with Gasteiger partial charge in [-0.3, -0.25) is 4.79 Å². The van der Waals surface area contributed by atoms with E-state index in [0.717, 1.165) is 5.56 Å². The molecule has 0 spiro atoms. The SMILES string of the molecule is CC(=O)NC(CSC(=S)c1ccccc1)C(=O)O. The largest absolute Gasteiger partial charge is 0.480 e. The van der Waals surface area contributed by atoms with Crippen molar-refractivity contribution in [2.45, 2.75) is 13.0 Å². The van der Waals surface area contributed by atoms with Crippen LogP contribution in [0.5, 0.6) is 0 Å². The molecule has 0 aliphatic carbocycles. The molecule has 18 heavy (non-hydrogen) atoms. The van der Waals surface area contributed by atoms with Crippen molar-refractivity contribution in [3.63, 3.8) is 0 Å². The normalized spacial score (nSPS) is 11.6. The van der Waals surface area contributed by atoms with Crippen LogP contribution in [0, 0.1) is 0 Å². The number of carbonyl (C=O) groups is 2. The first-order chi connectivity index (χ1) is 8.50. The molecule has 1 aromatic carbocycles. The van der Waals surface area contributed by atoms with Gasteiger partial charge in [-0.25, -0.2) is 4.79 Å².